The smallest absolute Gasteiger partial charge is 0.295 e. The number of nitrogens with one attached hydrogen (secondary N) is 1. The molecule has 4 aromatic rings. The van der Waals surface area contributed by atoms with Crippen LogP contribution < -0.4 is 5.32 Å². The molecule has 3 aromatic carbocycles. The van der Waals surface area contributed by atoms with Gasteiger partial charge in [0.1, 0.15) is 0 Å². The summed E-state index contributed by atoms with van der Waals surface area (Å²) >= 11 is 0. The predicted octanol–water partition coefficient (Wildman–Crippen LogP) is 5.42. The van der Waals surface area contributed by atoms with Crippen molar-refractivity contribution < 1.29 is 4.79 Å². The summed E-state index contributed by atoms with van der Waals surface area (Å²) in [7, 11) is 0. The van der Waals surface area contributed by atoms with Crippen LogP contribution in [0, 0.1) is 27.7 Å². The number of carbonyl (C=O) groups excluding carboxylic acids is 1. The summed E-state index contributed by atoms with van der Waals surface area (Å²) in [6.07, 6.45) is 0. The first-order valence-corrected chi connectivity index (χ1v) is 9.90. The van der Waals surface area contributed by atoms with Gasteiger partial charge in [-0.1, -0.05) is 53.6 Å². The number of aryl methyl sites for hydroxylation is 4. The van der Waals surface area contributed by atoms with E-state index in [-0.39, 0.29) is 11.7 Å². The highest BCUT2D eigenvalue weighted by Crippen LogP contribution is 2.23. The highest BCUT2D eigenvalue weighted by atomic mass is 16.2. The van der Waals surface area contributed by atoms with Gasteiger partial charge in [-0.05, 0) is 63.1 Å². The fraction of sp³-hybridized carbons (Fsp3) is 0.160. The third-order valence-electron chi connectivity index (χ3n) is 4.96. The fourth-order valence-corrected chi connectivity index (χ4v) is 3.45. The Hall–Kier alpha value is -3.73. The maximum atomic E-state index is 13.0. The van der Waals surface area contributed by atoms with Crippen LogP contribution in [0.4, 0.5) is 5.69 Å². The molecule has 0 unspecified atom stereocenters. The zero-order valence-electron chi connectivity index (χ0n) is 17.6. The van der Waals surface area contributed by atoms with Crippen molar-refractivity contribution in [3.8, 4) is 17.1 Å². The minimum Gasteiger partial charge on any atom is -0.319 e. The van der Waals surface area contributed by atoms with Gasteiger partial charge in [-0.3, -0.25) is 4.79 Å². The first-order valence-electron chi connectivity index (χ1n) is 9.90. The SMILES string of the molecule is Cc1cccc(-c2nc(C(=O)Nc3ccc(C)cc3C)nn2-c2cccc(C)c2)c1. The molecule has 0 spiro atoms. The Labute approximate surface area is 176 Å². The predicted molar refractivity (Wildman–Crippen MR) is 120 cm³/mol. The molecule has 0 saturated carbocycles. The minimum atomic E-state index is -0.331. The van der Waals surface area contributed by atoms with Crippen LogP contribution in [0.5, 0.6) is 0 Å². The summed E-state index contributed by atoms with van der Waals surface area (Å²) in [4.78, 5) is 17.6. The number of hydrogen-bond acceptors (Lipinski definition) is 3. The molecular formula is C25H24N4O. The number of rotatable bonds is 4. The van der Waals surface area contributed by atoms with Gasteiger partial charge in [-0.2, -0.15) is 0 Å². The molecule has 0 bridgehead atoms. The van der Waals surface area contributed by atoms with E-state index in [1.54, 1.807) is 4.68 Å². The van der Waals surface area contributed by atoms with Crippen molar-refractivity contribution in [1.82, 2.24) is 14.8 Å². The van der Waals surface area contributed by atoms with Gasteiger partial charge in [0.25, 0.3) is 5.91 Å². The lowest BCUT2D eigenvalue weighted by Crippen LogP contribution is -2.15. The molecule has 5 nitrogen and oxygen atoms in total. The largest absolute Gasteiger partial charge is 0.319 e. The number of carbonyl (C=O) groups is 1. The normalized spacial score (nSPS) is 10.8. The zero-order valence-corrected chi connectivity index (χ0v) is 17.6. The van der Waals surface area contributed by atoms with Crippen LogP contribution in [-0.2, 0) is 0 Å². The number of aromatic nitrogens is 3. The Morgan fingerprint density at radius 1 is 0.833 bits per heavy atom. The Morgan fingerprint density at radius 3 is 2.23 bits per heavy atom. The molecule has 0 fully saturated rings. The minimum absolute atomic E-state index is 0.132. The van der Waals surface area contributed by atoms with Gasteiger partial charge in [0.15, 0.2) is 5.82 Å². The molecular weight excluding hydrogens is 372 g/mol. The third kappa shape index (κ3) is 4.01. The monoisotopic (exact) mass is 396 g/mol. The van der Waals surface area contributed by atoms with Crippen LogP contribution in [-0.4, -0.2) is 20.7 Å². The van der Waals surface area contributed by atoms with E-state index in [0.29, 0.717) is 5.82 Å². The topological polar surface area (TPSA) is 59.8 Å². The maximum Gasteiger partial charge on any atom is 0.295 e. The molecule has 1 aromatic heterocycles. The van der Waals surface area contributed by atoms with E-state index in [1.165, 1.54) is 0 Å². The maximum absolute atomic E-state index is 13.0. The average Bonchev–Trinajstić information content (AvgIpc) is 3.16. The van der Waals surface area contributed by atoms with Gasteiger partial charge >= 0.3 is 0 Å². The number of nitrogens with zero attached hydrogens (tertiary/aromatic N) is 3. The summed E-state index contributed by atoms with van der Waals surface area (Å²) in [5.74, 6) is 0.435. The van der Waals surface area contributed by atoms with Gasteiger partial charge in [-0.25, -0.2) is 9.67 Å². The molecule has 150 valence electrons. The van der Waals surface area contributed by atoms with E-state index in [9.17, 15) is 4.79 Å². The molecule has 30 heavy (non-hydrogen) atoms. The number of hydrogen-bond donors (Lipinski definition) is 1. The van der Waals surface area contributed by atoms with Crippen LogP contribution in [0.3, 0.4) is 0 Å². The Morgan fingerprint density at radius 2 is 1.53 bits per heavy atom. The van der Waals surface area contributed by atoms with E-state index in [0.717, 1.165) is 39.2 Å². The first kappa shape index (κ1) is 19.6. The molecule has 0 aliphatic rings. The molecule has 0 saturated heterocycles. The van der Waals surface area contributed by atoms with Gasteiger partial charge in [0, 0.05) is 11.3 Å². The number of benzene rings is 3. The lowest BCUT2D eigenvalue weighted by molar-refractivity contribution is 0.101. The molecule has 1 heterocycles. The Bertz CT molecular complexity index is 1180. The second-order valence-electron chi connectivity index (χ2n) is 7.65. The number of amides is 1. The average molecular weight is 396 g/mol. The van der Waals surface area contributed by atoms with Crippen LogP contribution in [0.1, 0.15) is 32.9 Å². The van der Waals surface area contributed by atoms with Gasteiger partial charge in [0.2, 0.25) is 5.82 Å². The third-order valence-corrected chi connectivity index (χ3v) is 4.96. The standard InChI is InChI=1S/C25H24N4O/c1-16-7-5-9-20(14-16)24-27-23(28-29(24)21-10-6-8-17(2)15-21)25(30)26-22-12-11-18(3)13-19(22)4/h5-15H,1-4H3,(H,26,30). The van der Waals surface area contributed by atoms with Crippen molar-refractivity contribution in [3.63, 3.8) is 0 Å². The summed E-state index contributed by atoms with van der Waals surface area (Å²) in [5, 5.41) is 7.51. The number of anilines is 1. The van der Waals surface area contributed by atoms with Gasteiger partial charge in [0.05, 0.1) is 5.69 Å². The van der Waals surface area contributed by atoms with Crippen molar-refractivity contribution in [3.05, 3.63) is 94.8 Å². The van der Waals surface area contributed by atoms with Crippen LogP contribution in [0.2, 0.25) is 0 Å². The molecule has 0 atom stereocenters. The van der Waals surface area contributed by atoms with E-state index in [2.05, 4.69) is 15.4 Å². The van der Waals surface area contributed by atoms with Crippen molar-refractivity contribution in [2.75, 3.05) is 5.32 Å². The fourth-order valence-electron chi connectivity index (χ4n) is 3.45. The summed E-state index contributed by atoms with van der Waals surface area (Å²) in [6, 6.07) is 21.9. The quantitative estimate of drug-likeness (QED) is 0.501. The lowest BCUT2D eigenvalue weighted by atomic mass is 10.1. The summed E-state index contributed by atoms with van der Waals surface area (Å²) < 4.78 is 1.73. The molecule has 1 N–H and O–H groups in total. The molecule has 1 amide bonds. The van der Waals surface area contributed by atoms with Crippen molar-refractivity contribution >= 4 is 11.6 Å². The molecule has 5 heteroatoms. The van der Waals surface area contributed by atoms with E-state index in [1.807, 2.05) is 94.4 Å². The lowest BCUT2D eigenvalue weighted by Gasteiger charge is -2.07. The van der Waals surface area contributed by atoms with E-state index >= 15 is 0 Å². The summed E-state index contributed by atoms with van der Waals surface area (Å²) in [6.45, 7) is 8.06. The Balaban J connectivity index is 1.77. The van der Waals surface area contributed by atoms with E-state index in [4.69, 9.17) is 0 Å². The highest BCUT2D eigenvalue weighted by molar-refractivity contribution is 6.02. The second-order valence-corrected chi connectivity index (χ2v) is 7.65. The van der Waals surface area contributed by atoms with Crippen molar-refractivity contribution in [2.45, 2.75) is 27.7 Å². The second kappa shape index (κ2) is 7.95. The summed E-state index contributed by atoms with van der Waals surface area (Å²) in [5.41, 5.74) is 6.91. The Kier molecular flexibility index (Phi) is 5.19. The van der Waals surface area contributed by atoms with Gasteiger partial charge in [-0.15, -0.1) is 5.10 Å². The molecule has 0 radical (unpaired) electrons. The van der Waals surface area contributed by atoms with Crippen LogP contribution in [0.25, 0.3) is 17.1 Å². The van der Waals surface area contributed by atoms with Crippen LogP contribution in [0.15, 0.2) is 66.7 Å². The molecule has 0 aliphatic carbocycles. The van der Waals surface area contributed by atoms with Crippen LogP contribution >= 0.6 is 0 Å². The van der Waals surface area contributed by atoms with E-state index < -0.39 is 0 Å². The van der Waals surface area contributed by atoms with Crippen molar-refractivity contribution in [1.29, 1.82) is 0 Å². The highest BCUT2D eigenvalue weighted by Gasteiger charge is 2.19. The van der Waals surface area contributed by atoms with Crippen molar-refractivity contribution in [2.24, 2.45) is 0 Å². The first-order chi connectivity index (χ1) is 14.4. The molecule has 4 rings (SSSR count). The van der Waals surface area contributed by atoms with Gasteiger partial charge < -0.3 is 5.32 Å². The molecule has 0 aliphatic heterocycles. The zero-order chi connectivity index (χ0) is 21.3.